The highest BCUT2D eigenvalue weighted by Gasteiger charge is 2.18. The van der Waals surface area contributed by atoms with Crippen molar-refractivity contribution in [3.63, 3.8) is 0 Å². The van der Waals surface area contributed by atoms with Gasteiger partial charge in [0, 0.05) is 17.0 Å². The van der Waals surface area contributed by atoms with Crippen molar-refractivity contribution in [1.82, 2.24) is 4.57 Å². The van der Waals surface area contributed by atoms with Crippen LogP contribution in [-0.4, -0.2) is 10.4 Å². The van der Waals surface area contributed by atoms with Gasteiger partial charge in [-0.1, -0.05) is 30.3 Å². The fourth-order valence-corrected chi connectivity index (χ4v) is 2.25. The molecule has 2 rings (SSSR count). The number of hydrogen-bond acceptors (Lipinski definition) is 1. The van der Waals surface area contributed by atoms with Crippen molar-refractivity contribution in [3.05, 3.63) is 59.4 Å². The molecule has 0 bridgehead atoms. The van der Waals surface area contributed by atoms with E-state index in [1.807, 2.05) is 63.2 Å². The number of carbonyl (C=O) groups is 1. The van der Waals surface area contributed by atoms with Gasteiger partial charge < -0.3 is 4.57 Å². The highest BCUT2D eigenvalue weighted by atomic mass is 16.1. The normalized spacial score (nSPS) is 12.4. The molecule has 0 unspecified atom stereocenters. The molecule has 1 atom stereocenters. The monoisotopic (exact) mass is 227 g/mol. The summed E-state index contributed by atoms with van der Waals surface area (Å²) in [5.41, 5.74) is 3.02. The van der Waals surface area contributed by atoms with Crippen molar-refractivity contribution in [1.29, 1.82) is 0 Å². The molecule has 0 fully saturated rings. The lowest BCUT2D eigenvalue weighted by molar-refractivity contribution is 0.0933. The molecule has 0 saturated carbocycles. The predicted octanol–water partition coefficient (Wildman–Crippen LogP) is 3.55. The molecule has 0 N–H and O–H groups in total. The Bertz CT molecular complexity index is 506. The molecule has 0 aliphatic carbocycles. The zero-order chi connectivity index (χ0) is 12.4. The molecule has 88 valence electrons. The third-order valence-electron chi connectivity index (χ3n) is 3.15. The first-order valence-corrected chi connectivity index (χ1v) is 5.85. The van der Waals surface area contributed by atoms with Crippen LogP contribution in [0, 0.1) is 13.8 Å². The molecule has 0 radical (unpaired) electrons. The third-order valence-corrected chi connectivity index (χ3v) is 3.15. The number of carbonyl (C=O) groups excluding carboxylic acids is 1. The van der Waals surface area contributed by atoms with Crippen molar-refractivity contribution in [2.45, 2.75) is 26.8 Å². The second kappa shape index (κ2) is 4.58. The fraction of sp³-hybridized carbons (Fsp3) is 0.267. The van der Waals surface area contributed by atoms with Gasteiger partial charge in [-0.3, -0.25) is 4.79 Å². The lowest BCUT2D eigenvalue weighted by Gasteiger charge is -2.17. The van der Waals surface area contributed by atoms with Crippen LogP contribution >= 0.6 is 0 Å². The fourth-order valence-electron chi connectivity index (χ4n) is 2.25. The van der Waals surface area contributed by atoms with Crippen LogP contribution in [0.5, 0.6) is 0 Å². The van der Waals surface area contributed by atoms with Gasteiger partial charge in [0.2, 0.25) is 0 Å². The second-order valence-electron chi connectivity index (χ2n) is 4.39. The van der Waals surface area contributed by atoms with E-state index < -0.39 is 0 Å². The predicted molar refractivity (Wildman–Crippen MR) is 69.4 cm³/mol. The molecule has 1 heterocycles. The summed E-state index contributed by atoms with van der Waals surface area (Å²) in [4.78, 5) is 12.3. The van der Waals surface area contributed by atoms with E-state index in [0.29, 0.717) is 0 Å². The Morgan fingerprint density at radius 1 is 1.00 bits per heavy atom. The van der Waals surface area contributed by atoms with E-state index in [2.05, 4.69) is 4.57 Å². The number of ketones is 1. The second-order valence-corrected chi connectivity index (χ2v) is 4.39. The molecule has 1 aromatic heterocycles. The Morgan fingerprint density at radius 2 is 1.53 bits per heavy atom. The summed E-state index contributed by atoms with van der Waals surface area (Å²) in [6, 6.07) is 13.4. The molecule has 2 aromatic rings. The van der Waals surface area contributed by atoms with Crippen molar-refractivity contribution in [2.24, 2.45) is 0 Å². The largest absolute Gasteiger partial charge is 0.339 e. The van der Waals surface area contributed by atoms with Gasteiger partial charge in [-0.15, -0.1) is 0 Å². The van der Waals surface area contributed by atoms with Crippen molar-refractivity contribution in [3.8, 4) is 0 Å². The van der Waals surface area contributed by atoms with Gasteiger partial charge in [-0.2, -0.15) is 0 Å². The number of aromatic nitrogens is 1. The first kappa shape index (κ1) is 11.6. The minimum absolute atomic E-state index is 0.146. The number of benzene rings is 1. The van der Waals surface area contributed by atoms with Crippen LogP contribution in [0.1, 0.15) is 34.7 Å². The minimum Gasteiger partial charge on any atom is -0.339 e. The average Bonchev–Trinajstić information content (AvgIpc) is 2.68. The van der Waals surface area contributed by atoms with E-state index in [9.17, 15) is 4.79 Å². The number of Topliss-reactive ketones (excluding diaryl/α,β-unsaturated/α-hetero) is 1. The molecule has 1 aromatic carbocycles. The lowest BCUT2D eigenvalue weighted by atomic mass is 10.1. The van der Waals surface area contributed by atoms with E-state index in [0.717, 1.165) is 17.0 Å². The van der Waals surface area contributed by atoms with Crippen LogP contribution in [0.4, 0.5) is 0 Å². The van der Waals surface area contributed by atoms with Crippen molar-refractivity contribution < 1.29 is 4.79 Å². The summed E-state index contributed by atoms with van der Waals surface area (Å²) in [6.07, 6.45) is 0. The molecule has 17 heavy (non-hydrogen) atoms. The third kappa shape index (κ3) is 2.16. The quantitative estimate of drug-likeness (QED) is 0.735. The summed E-state index contributed by atoms with van der Waals surface area (Å²) in [6.45, 7) is 6.01. The smallest absolute Gasteiger partial charge is 0.185 e. The molecule has 0 amide bonds. The summed E-state index contributed by atoms with van der Waals surface area (Å²) < 4.78 is 2.08. The standard InChI is InChI=1S/C15H17NO/c1-11-9-10-12(2)16(11)13(3)15(17)14-7-5-4-6-8-14/h4-10,13H,1-3H3/t13-/m0/s1. The van der Waals surface area contributed by atoms with E-state index >= 15 is 0 Å². The Kier molecular flexibility index (Phi) is 3.14. The maximum atomic E-state index is 12.3. The van der Waals surface area contributed by atoms with Gasteiger partial charge in [0.05, 0.1) is 6.04 Å². The van der Waals surface area contributed by atoms with Gasteiger partial charge in [-0.25, -0.2) is 0 Å². The topological polar surface area (TPSA) is 22.0 Å². The summed E-state index contributed by atoms with van der Waals surface area (Å²) in [5, 5.41) is 0. The van der Waals surface area contributed by atoms with E-state index in [-0.39, 0.29) is 11.8 Å². The van der Waals surface area contributed by atoms with Gasteiger partial charge in [0.25, 0.3) is 0 Å². The highest BCUT2D eigenvalue weighted by Crippen LogP contribution is 2.19. The zero-order valence-corrected chi connectivity index (χ0v) is 10.5. The molecule has 0 spiro atoms. The maximum Gasteiger partial charge on any atom is 0.185 e. The van der Waals surface area contributed by atoms with Gasteiger partial charge in [0.15, 0.2) is 5.78 Å². The number of nitrogens with zero attached hydrogens (tertiary/aromatic N) is 1. The molecule has 0 saturated heterocycles. The minimum atomic E-state index is -0.146. The Hall–Kier alpha value is -1.83. The van der Waals surface area contributed by atoms with Crippen molar-refractivity contribution in [2.75, 3.05) is 0 Å². The number of hydrogen-bond donors (Lipinski definition) is 0. The average molecular weight is 227 g/mol. The van der Waals surface area contributed by atoms with Crippen LogP contribution in [0.2, 0.25) is 0 Å². The van der Waals surface area contributed by atoms with Gasteiger partial charge >= 0.3 is 0 Å². The van der Waals surface area contributed by atoms with E-state index in [4.69, 9.17) is 0 Å². The Labute approximate surface area is 102 Å². The molecule has 2 heteroatoms. The van der Waals surface area contributed by atoms with Gasteiger partial charge in [0.1, 0.15) is 0 Å². The van der Waals surface area contributed by atoms with Crippen LogP contribution in [0.25, 0.3) is 0 Å². The molecule has 0 aliphatic heterocycles. The molecule has 0 aliphatic rings. The number of rotatable bonds is 3. The molecular formula is C15H17NO. The molecular weight excluding hydrogens is 210 g/mol. The van der Waals surface area contributed by atoms with Crippen LogP contribution in [0.3, 0.4) is 0 Å². The lowest BCUT2D eigenvalue weighted by Crippen LogP contribution is -2.18. The van der Waals surface area contributed by atoms with Gasteiger partial charge in [-0.05, 0) is 32.9 Å². The van der Waals surface area contributed by atoms with Crippen LogP contribution in [-0.2, 0) is 0 Å². The molecule has 2 nitrogen and oxygen atoms in total. The summed E-state index contributed by atoms with van der Waals surface area (Å²) >= 11 is 0. The van der Waals surface area contributed by atoms with E-state index in [1.54, 1.807) is 0 Å². The zero-order valence-electron chi connectivity index (χ0n) is 10.5. The summed E-state index contributed by atoms with van der Waals surface area (Å²) in [7, 11) is 0. The SMILES string of the molecule is Cc1ccc(C)n1[C@@H](C)C(=O)c1ccccc1. The highest BCUT2D eigenvalue weighted by molar-refractivity contribution is 5.98. The van der Waals surface area contributed by atoms with E-state index in [1.165, 1.54) is 0 Å². The number of aryl methyl sites for hydroxylation is 2. The van der Waals surface area contributed by atoms with Crippen LogP contribution in [0.15, 0.2) is 42.5 Å². The first-order chi connectivity index (χ1) is 8.11. The Balaban J connectivity index is 2.33. The van der Waals surface area contributed by atoms with Crippen molar-refractivity contribution >= 4 is 5.78 Å². The van der Waals surface area contributed by atoms with Crippen LogP contribution < -0.4 is 0 Å². The Morgan fingerprint density at radius 3 is 2.06 bits per heavy atom. The maximum absolute atomic E-state index is 12.3. The summed E-state index contributed by atoms with van der Waals surface area (Å²) in [5.74, 6) is 0.160. The first-order valence-electron chi connectivity index (χ1n) is 5.85.